The predicted octanol–water partition coefficient (Wildman–Crippen LogP) is 4.37. The van der Waals surface area contributed by atoms with Crippen LogP contribution in [0.5, 0.6) is 5.75 Å². The Morgan fingerprint density at radius 3 is 2.52 bits per heavy atom. The molecule has 0 aliphatic heterocycles. The molecule has 0 aliphatic carbocycles. The first-order chi connectivity index (χ1) is 11.6. The van der Waals surface area contributed by atoms with Crippen molar-refractivity contribution in [2.45, 2.75) is 32.4 Å². The largest absolute Gasteiger partial charge is 0.573 e. The minimum Gasteiger partial charge on any atom is -0.405 e. The lowest BCUT2D eigenvalue weighted by molar-refractivity contribution is -0.274. The van der Waals surface area contributed by atoms with Gasteiger partial charge in [-0.15, -0.1) is 13.2 Å². The fourth-order valence-corrected chi connectivity index (χ4v) is 2.69. The van der Waals surface area contributed by atoms with Gasteiger partial charge in [-0.1, -0.05) is 24.3 Å². The number of ether oxygens (including phenoxy) is 1. The van der Waals surface area contributed by atoms with E-state index in [1.807, 2.05) is 0 Å². The maximum Gasteiger partial charge on any atom is 0.573 e. The highest BCUT2D eigenvalue weighted by molar-refractivity contribution is 5.83. The SMILES string of the molecule is CC(C)(O)Cn1cnc2cc(-c3ccccc3OC(F)(F)F)ccc21. The van der Waals surface area contributed by atoms with Crippen LogP contribution in [0.1, 0.15) is 13.8 Å². The number of imidazole rings is 1. The van der Waals surface area contributed by atoms with Crippen molar-refractivity contribution in [2.24, 2.45) is 0 Å². The molecule has 0 aliphatic rings. The smallest absolute Gasteiger partial charge is 0.405 e. The summed E-state index contributed by atoms with van der Waals surface area (Å²) in [6.07, 6.45) is -3.15. The Morgan fingerprint density at radius 1 is 1.12 bits per heavy atom. The molecule has 3 rings (SSSR count). The number of rotatable bonds is 4. The summed E-state index contributed by atoms with van der Waals surface area (Å²) in [4.78, 5) is 4.28. The van der Waals surface area contributed by atoms with Gasteiger partial charge in [-0.3, -0.25) is 0 Å². The molecule has 0 radical (unpaired) electrons. The van der Waals surface area contributed by atoms with E-state index in [4.69, 9.17) is 0 Å². The molecule has 0 bridgehead atoms. The van der Waals surface area contributed by atoms with Crippen molar-refractivity contribution in [3.05, 3.63) is 48.8 Å². The second-order valence-electron chi connectivity index (χ2n) is 6.43. The number of hydrogen-bond acceptors (Lipinski definition) is 3. The minimum atomic E-state index is -4.76. The zero-order chi connectivity index (χ0) is 18.2. The molecule has 7 heteroatoms. The van der Waals surface area contributed by atoms with Gasteiger partial charge in [-0.2, -0.15) is 0 Å². The Labute approximate surface area is 142 Å². The van der Waals surface area contributed by atoms with Crippen LogP contribution >= 0.6 is 0 Å². The summed E-state index contributed by atoms with van der Waals surface area (Å²) in [5.74, 6) is -0.259. The first kappa shape index (κ1) is 17.3. The fourth-order valence-electron chi connectivity index (χ4n) is 2.69. The highest BCUT2D eigenvalue weighted by Crippen LogP contribution is 2.34. The molecular weight excluding hydrogens is 333 g/mol. The second-order valence-corrected chi connectivity index (χ2v) is 6.43. The number of fused-ring (bicyclic) bond motifs is 1. The first-order valence-electron chi connectivity index (χ1n) is 7.65. The first-order valence-corrected chi connectivity index (χ1v) is 7.65. The monoisotopic (exact) mass is 350 g/mol. The molecule has 1 N–H and O–H groups in total. The molecular formula is C18H17F3N2O2. The van der Waals surface area contributed by atoms with E-state index in [0.717, 1.165) is 5.52 Å². The molecule has 0 spiro atoms. The van der Waals surface area contributed by atoms with Gasteiger partial charge in [0.2, 0.25) is 0 Å². The van der Waals surface area contributed by atoms with Crippen LogP contribution in [0.4, 0.5) is 13.2 Å². The van der Waals surface area contributed by atoms with E-state index in [1.54, 1.807) is 55.1 Å². The van der Waals surface area contributed by atoms with Crippen LogP contribution < -0.4 is 4.74 Å². The molecule has 3 aromatic rings. The van der Waals surface area contributed by atoms with Gasteiger partial charge in [-0.05, 0) is 37.6 Å². The lowest BCUT2D eigenvalue weighted by atomic mass is 10.0. The van der Waals surface area contributed by atoms with Crippen LogP contribution in [0.2, 0.25) is 0 Å². The summed E-state index contributed by atoms with van der Waals surface area (Å²) in [5.41, 5.74) is 1.42. The van der Waals surface area contributed by atoms with Crippen LogP contribution in [0.15, 0.2) is 48.8 Å². The van der Waals surface area contributed by atoms with E-state index in [-0.39, 0.29) is 5.75 Å². The van der Waals surface area contributed by atoms with Crippen LogP contribution in [0.25, 0.3) is 22.2 Å². The number of hydrogen-bond donors (Lipinski definition) is 1. The minimum absolute atomic E-state index is 0.259. The number of benzene rings is 2. The zero-order valence-corrected chi connectivity index (χ0v) is 13.7. The van der Waals surface area contributed by atoms with Crippen LogP contribution in [0.3, 0.4) is 0 Å². The predicted molar refractivity (Wildman–Crippen MR) is 88.1 cm³/mol. The van der Waals surface area contributed by atoms with Crippen molar-refractivity contribution in [1.82, 2.24) is 9.55 Å². The number of aliphatic hydroxyl groups is 1. The molecule has 0 saturated heterocycles. The van der Waals surface area contributed by atoms with Crippen LogP contribution in [-0.4, -0.2) is 26.6 Å². The van der Waals surface area contributed by atoms with Crippen molar-refractivity contribution in [3.8, 4) is 16.9 Å². The normalized spacial score (nSPS) is 12.6. The molecule has 0 atom stereocenters. The van der Waals surface area contributed by atoms with Gasteiger partial charge in [0.15, 0.2) is 0 Å². The van der Waals surface area contributed by atoms with E-state index in [0.29, 0.717) is 23.2 Å². The standard InChI is InChI=1S/C18H17F3N2O2/c1-17(2,24)10-23-11-22-14-9-12(7-8-15(14)23)13-5-3-4-6-16(13)25-18(19,20)21/h3-9,11,24H,10H2,1-2H3. The van der Waals surface area contributed by atoms with Gasteiger partial charge in [0.1, 0.15) is 5.75 Å². The van der Waals surface area contributed by atoms with E-state index in [1.165, 1.54) is 12.1 Å². The van der Waals surface area contributed by atoms with Crippen molar-refractivity contribution >= 4 is 11.0 Å². The number of aromatic nitrogens is 2. The lowest BCUT2D eigenvalue weighted by Gasteiger charge is -2.18. The zero-order valence-electron chi connectivity index (χ0n) is 13.7. The highest BCUT2D eigenvalue weighted by Gasteiger charge is 2.32. The number of halogens is 3. The van der Waals surface area contributed by atoms with E-state index >= 15 is 0 Å². The topological polar surface area (TPSA) is 47.3 Å². The summed E-state index contributed by atoms with van der Waals surface area (Å²) in [7, 11) is 0. The molecule has 25 heavy (non-hydrogen) atoms. The van der Waals surface area contributed by atoms with Crippen LogP contribution in [-0.2, 0) is 6.54 Å². The summed E-state index contributed by atoms with van der Waals surface area (Å²) in [6, 6.07) is 11.2. The molecule has 132 valence electrons. The number of para-hydroxylation sites is 1. The van der Waals surface area contributed by atoms with Crippen molar-refractivity contribution in [3.63, 3.8) is 0 Å². The average molecular weight is 350 g/mol. The third kappa shape index (κ3) is 4.11. The molecule has 0 saturated carbocycles. The summed E-state index contributed by atoms with van der Waals surface area (Å²) in [6.45, 7) is 3.74. The summed E-state index contributed by atoms with van der Waals surface area (Å²) < 4.78 is 43.7. The third-order valence-electron chi connectivity index (χ3n) is 3.60. The Morgan fingerprint density at radius 2 is 1.84 bits per heavy atom. The van der Waals surface area contributed by atoms with Gasteiger partial charge >= 0.3 is 6.36 Å². The summed E-state index contributed by atoms with van der Waals surface area (Å²) in [5, 5.41) is 9.95. The average Bonchev–Trinajstić information content (AvgIpc) is 2.86. The molecule has 0 fully saturated rings. The van der Waals surface area contributed by atoms with E-state index in [2.05, 4.69) is 9.72 Å². The molecule has 1 heterocycles. The van der Waals surface area contributed by atoms with Crippen LogP contribution in [0, 0.1) is 0 Å². The van der Waals surface area contributed by atoms with Crippen molar-refractivity contribution < 1.29 is 23.0 Å². The van der Waals surface area contributed by atoms with Gasteiger partial charge in [0.05, 0.1) is 29.5 Å². The van der Waals surface area contributed by atoms with Crippen molar-refractivity contribution in [1.29, 1.82) is 0 Å². The Hall–Kier alpha value is -2.54. The number of alkyl halides is 3. The lowest BCUT2D eigenvalue weighted by Crippen LogP contribution is -2.25. The van der Waals surface area contributed by atoms with E-state index < -0.39 is 12.0 Å². The Kier molecular flexibility index (Phi) is 4.20. The quantitative estimate of drug-likeness (QED) is 0.760. The molecule has 2 aromatic carbocycles. The van der Waals surface area contributed by atoms with Gasteiger partial charge in [0, 0.05) is 5.56 Å². The molecule has 1 aromatic heterocycles. The Bertz CT molecular complexity index is 895. The fraction of sp³-hybridized carbons (Fsp3) is 0.278. The van der Waals surface area contributed by atoms with Gasteiger partial charge < -0.3 is 14.4 Å². The Balaban J connectivity index is 2.01. The van der Waals surface area contributed by atoms with Gasteiger partial charge in [-0.25, -0.2) is 4.98 Å². The summed E-state index contributed by atoms with van der Waals surface area (Å²) >= 11 is 0. The maximum absolute atomic E-state index is 12.6. The van der Waals surface area contributed by atoms with E-state index in [9.17, 15) is 18.3 Å². The number of nitrogens with zero attached hydrogens (tertiary/aromatic N) is 2. The maximum atomic E-state index is 12.6. The second kappa shape index (κ2) is 6.07. The highest BCUT2D eigenvalue weighted by atomic mass is 19.4. The third-order valence-corrected chi connectivity index (χ3v) is 3.60. The molecule has 4 nitrogen and oxygen atoms in total. The molecule has 0 amide bonds. The van der Waals surface area contributed by atoms with Crippen molar-refractivity contribution in [2.75, 3.05) is 0 Å². The molecule has 0 unspecified atom stereocenters. The van der Waals surface area contributed by atoms with Gasteiger partial charge in [0.25, 0.3) is 0 Å².